The summed E-state index contributed by atoms with van der Waals surface area (Å²) in [6, 6.07) is 9.68. The van der Waals surface area contributed by atoms with Gasteiger partial charge in [-0.2, -0.15) is 0 Å². The molecule has 1 heterocycles. The molecule has 7 nitrogen and oxygen atoms in total. The first-order chi connectivity index (χ1) is 13.8. The number of halogens is 1. The first-order valence-electron chi connectivity index (χ1n) is 8.35. The van der Waals surface area contributed by atoms with Crippen LogP contribution in [0.25, 0.3) is 6.08 Å². The van der Waals surface area contributed by atoms with E-state index in [0.29, 0.717) is 26.9 Å². The number of methoxy groups -OCH3 is 2. The maximum atomic E-state index is 12.6. The molecule has 2 aromatic rings. The summed E-state index contributed by atoms with van der Waals surface area (Å²) in [5.74, 6) is -0.590. The summed E-state index contributed by atoms with van der Waals surface area (Å²) in [4.78, 5) is 30.4. The largest absolute Gasteiger partial charge is 0.503 e. The number of amidine groups is 1. The minimum Gasteiger partial charge on any atom is -0.503 e. The summed E-state index contributed by atoms with van der Waals surface area (Å²) in [5.41, 5.74) is 1.62. The Morgan fingerprint density at radius 2 is 1.93 bits per heavy atom. The third-order valence-electron chi connectivity index (χ3n) is 4.09. The number of aliphatic imine (C=N–C) groups is 1. The van der Waals surface area contributed by atoms with Crippen LogP contribution in [0.15, 0.2) is 46.3 Å². The van der Waals surface area contributed by atoms with Crippen molar-refractivity contribution in [3.8, 4) is 11.5 Å². The Balaban J connectivity index is 1.88. The van der Waals surface area contributed by atoms with Crippen molar-refractivity contribution in [2.75, 3.05) is 21.3 Å². The highest BCUT2D eigenvalue weighted by Crippen LogP contribution is 2.38. The van der Waals surface area contributed by atoms with Gasteiger partial charge in [0, 0.05) is 7.05 Å². The topological polar surface area (TPSA) is 88.4 Å². The zero-order valence-electron chi connectivity index (χ0n) is 15.8. The molecule has 29 heavy (non-hydrogen) atoms. The molecule has 1 amide bonds. The van der Waals surface area contributed by atoms with E-state index in [4.69, 9.17) is 16.3 Å². The van der Waals surface area contributed by atoms with Gasteiger partial charge < -0.3 is 14.6 Å². The summed E-state index contributed by atoms with van der Waals surface area (Å²) in [7, 11) is 4.36. The van der Waals surface area contributed by atoms with Crippen molar-refractivity contribution in [2.24, 2.45) is 4.99 Å². The number of phenolic OH excluding ortho intramolecular Hbond substituents is 1. The molecule has 150 valence electrons. The molecule has 3 rings (SSSR count). The molecule has 1 fully saturated rings. The number of rotatable bonds is 4. The predicted molar refractivity (Wildman–Crippen MR) is 113 cm³/mol. The van der Waals surface area contributed by atoms with Gasteiger partial charge in [0.1, 0.15) is 0 Å². The number of hydrogen-bond acceptors (Lipinski definition) is 7. The fourth-order valence-electron chi connectivity index (χ4n) is 2.54. The second-order valence-corrected chi connectivity index (χ2v) is 7.38. The smallest absolute Gasteiger partial charge is 0.337 e. The number of hydrogen-bond donors (Lipinski definition) is 1. The van der Waals surface area contributed by atoms with E-state index in [-0.39, 0.29) is 22.4 Å². The van der Waals surface area contributed by atoms with Crippen LogP contribution in [0.4, 0.5) is 5.69 Å². The standard InChI is InChI=1S/C20H17ClN2O5S/c1-23-18(25)16(10-11-8-14(21)17(24)15(9-11)27-2)29-20(23)22-13-6-4-12(5-7-13)19(26)28-3/h4-10,24H,1-3H3/b16-10-,22-20?. The Labute approximate surface area is 176 Å². The molecule has 0 unspecified atom stereocenters. The number of likely N-dealkylation sites (N-methyl/N-ethyl adjacent to an activating group) is 1. The van der Waals surface area contributed by atoms with Gasteiger partial charge in [-0.1, -0.05) is 11.6 Å². The average Bonchev–Trinajstić information content (AvgIpc) is 2.98. The van der Waals surface area contributed by atoms with Gasteiger partial charge in [0.05, 0.1) is 35.4 Å². The molecule has 1 N–H and O–H groups in total. The van der Waals surface area contributed by atoms with E-state index in [1.807, 2.05) is 0 Å². The fraction of sp³-hybridized carbons (Fsp3) is 0.150. The highest BCUT2D eigenvalue weighted by atomic mass is 35.5. The zero-order chi connectivity index (χ0) is 21.1. The Morgan fingerprint density at radius 3 is 2.55 bits per heavy atom. The maximum absolute atomic E-state index is 12.6. The van der Waals surface area contributed by atoms with Crippen LogP contribution in [0, 0.1) is 0 Å². The molecule has 0 aliphatic carbocycles. The van der Waals surface area contributed by atoms with Crippen molar-refractivity contribution in [2.45, 2.75) is 0 Å². The van der Waals surface area contributed by atoms with Crippen LogP contribution in [0.5, 0.6) is 11.5 Å². The summed E-state index contributed by atoms with van der Waals surface area (Å²) in [5, 5.41) is 10.5. The third kappa shape index (κ3) is 4.38. The molecule has 0 saturated carbocycles. The number of thioether (sulfide) groups is 1. The summed E-state index contributed by atoms with van der Waals surface area (Å²) in [6.07, 6.45) is 1.65. The van der Waals surface area contributed by atoms with Gasteiger partial charge in [-0.25, -0.2) is 9.79 Å². The minimum absolute atomic E-state index is 0.125. The highest BCUT2D eigenvalue weighted by Gasteiger charge is 2.30. The lowest BCUT2D eigenvalue weighted by atomic mass is 10.2. The Hall–Kier alpha value is -2.97. The lowest BCUT2D eigenvalue weighted by molar-refractivity contribution is -0.121. The lowest BCUT2D eigenvalue weighted by Gasteiger charge is -2.07. The van der Waals surface area contributed by atoms with E-state index < -0.39 is 5.97 Å². The summed E-state index contributed by atoms with van der Waals surface area (Å²) in [6.45, 7) is 0. The van der Waals surface area contributed by atoms with Crippen molar-refractivity contribution in [3.63, 3.8) is 0 Å². The number of carbonyl (C=O) groups excluding carboxylic acids is 2. The molecule has 2 aromatic carbocycles. The van der Waals surface area contributed by atoms with Crippen LogP contribution in [0.3, 0.4) is 0 Å². The number of aromatic hydroxyl groups is 1. The number of benzene rings is 2. The quantitative estimate of drug-likeness (QED) is 0.578. The van der Waals surface area contributed by atoms with Gasteiger partial charge in [0.25, 0.3) is 5.91 Å². The minimum atomic E-state index is -0.431. The monoisotopic (exact) mass is 432 g/mol. The number of amides is 1. The molecule has 0 spiro atoms. The zero-order valence-corrected chi connectivity index (χ0v) is 17.4. The van der Waals surface area contributed by atoms with Crippen molar-refractivity contribution in [1.82, 2.24) is 4.90 Å². The van der Waals surface area contributed by atoms with Gasteiger partial charge in [0.15, 0.2) is 16.7 Å². The van der Waals surface area contributed by atoms with Crippen LogP contribution in [0.1, 0.15) is 15.9 Å². The van der Waals surface area contributed by atoms with Crippen molar-refractivity contribution in [3.05, 3.63) is 57.5 Å². The van der Waals surface area contributed by atoms with Crippen molar-refractivity contribution >= 4 is 52.2 Å². The number of nitrogens with zero attached hydrogens (tertiary/aromatic N) is 2. The molecule has 0 atom stereocenters. The summed E-state index contributed by atoms with van der Waals surface area (Å²) < 4.78 is 9.76. The molecule has 1 aliphatic rings. The lowest BCUT2D eigenvalue weighted by Crippen LogP contribution is -2.23. The van der Waals surface area contributed by atoms with Gasteiger partial charge in [0.2, 0.25) is 0 Å². The number of phenols is 1. The summed E-state index contributed by atoms with van der Waals surface area (Å²) >= 11 is 7.22. The predicted octanol–water partition coefficient (Wildman–Crippen LogP) is 4.07. The van der Waals surface area contributed by atoms with E-state index in [1.165, 1.54) is 30.9 Å². The van der Waals surface area contributed by atoms with Gasteiger partial charge in [-0.3, -0.25) is 9.69 Å². The number of ether oxygens (including phenoxy) is 2. The molecule has 9 heteroatoms. The van der Waals surface area contributed by atoms with Gasteiger partial charge in [-0.05, 0) is 59.8 Å². The molecular formula is C20H17ClN2O5S. The van der Waals surface area contributed by atoms with E-state index in [1.54, 1.807) is 49.5 Å². The average molecular weight is 433 g/mol. The number of esters is 1. The Morgan fingerprint density at radius 1 is 1.24 bits per heavy atom. The highest BCUT2D eigenvalue weighted by molar-refractivity contribution is 8.18. The van der Waals surface area contributed by atoms with Crippen LogP contribution in [0.2, 0.25) is 5.02 Å². The fourth-order valence-corrected chi connectivity index (χ4v) is 3.74. The second kappa shape index (κ2) is 8.59. The van der Waals surface area contributed by atoms with Crippen LogP contribution < -0.4 is 4.74 Å². The van der Waals surface area contributed by atoms with Crippen molar-refractivity contribution in [1.29, 1.82) is 0 Å². The molecule has 1 saturated heterocycles. The van der Waals surface area contributed by atoms with Crippen LogP contribution >= 0.6 is 23.4 Å². The first kappa shape index (κ1) is 20.8. The normalized spacial score (nSPS) is 16.6. The van der Waals surface area contributed by atoms with E-state index in [9.17, 15) is 14.7 Å². The molecular weight excluding hydrogens is 416 g/mol. The van der Waals surface area contributed by atoms with E-state index >= 15 is 0 Å². The number of carbonyl (C=O) groups is 2. The molecule has 0 aromatic heterocycles. The molecule has 0 radical (unpaired) electrons. The molecule has 1 aliphatic heterocycles. The van der Waals surface area contributed by atoms with Crippen molar-refractivity contribution < 1.29 is 24.2 Å². The third-order valence-corrected chi connectivity index (χ3v) is 5.43. The van der Waals surface area contributed by atoms with Gasteiger partial charge >= 0.3 is 5.97 Å². The Kier molecular flexibility index (Phi) is 6.14. The van der Waals surface area contributed by atoms with Gasteiger partial charge in [-0.15, -0.1) is 0 Å². The van der Waals surface area contributed by atoms with E-state index in [2.05, 4.69) is 9.73 Å². The first-order valence-corrected chi connectivity index (χ1v) is 9.54. The van der Waals surface area contributed by atoms with E-state index in [0.717, 1.165) is 0 Å². The Bertz CT molecular complexity index is 1030. The SMILES string of the molecule is COC(=O)c1ccc(N=C2S/C(=C\c3cc(Cl)c(O)c(OC)c3)C(=O)N2C)cc1. The second-order valence-electron chi connectivity index (χ2n) is 5.96. The van der Waals surface area contributed by atoms with Crippen LogP contribution in [-0.2, 0) is 9.53 Å². The maximum Gasteiger partial charge on any atom is 0.337 e. The van der Waals surface area contributed by atoms with Crippen LogP contribution in [-0.4, -0.2) is 48.3 Å². The molecule has 0 bridgehead atoms.